The highest BCUT2D eigenvalue weighted by Crippen LogP contribution is 2.27. The molecule has 1 fully saturated rings. The van der Waals surface area contributed by atoms with Crippen LogP contribution >= 0.6 is 0 Å². The van der Waals surface area contributed by atoms with Gasteiger partial charge in [0.25, 0.3) is 5.91 Å². The molecule has 2 aromatic carbocycles. The minimum Gasteiger partial charge on any atom is -0.378 e. The van der Waals surface area contributed by atoms with Crippen molar-refractivity contribution in [3.8, 4) is 0 Å². The van der Waals surface area contributed by atoms with Gasteiger partial charge in [0.05, 0.1) is 17.4 Å². The molecule has 3 rings (SSSR count). The molecule has 1 aliphatic heterocycles. The molecule has 0 saturated carbocycles. The van der Waals surface area contributed by atoms with Crippen LogP contribution in [-0.4, -0.2) is 43.2 Å². The zero-order valence-corrected chi connectivity index (χ0v) is 16.9. The number of anilines is 2. The Bertz CT molecular complexity index is 798. The summed E-state index contributed by atoms with van der Waals surface area (Å²) in [5.74, 6) is 0.0776. The first-order valence-electron chi connectivity index (χ1n) is 10.1. The maximum Gasteiger partial charge on any atom is 0.255 e. The molecule has 1 saturated heterocycles. The van der Waals surface area contributed by atoms with Crippen LogP contribution in [0.25, 0.3) is 0 Å². The Labute approximate surface area is 167 Å². The Morgan fingerprint density at radius 1 is 1.11 bits per heavy atom. The third-order valence-corrected chi connectivity index (χ3v) is 5.46. The summed E-state index contributed by atoms with van der Waals surface area (Å²) in [5.41, 5.74) is 10.5. The zero-order chi connectivity index (χ0) is 19.9. The molecule has 0 bridgehead atoms. The zero-order valence-electron chi connectivity index (χ0n) is 16.9. The van der Waals surface area contributed by atoms with E-state index in [0.29, 0.717) is 18.7 Å². The first-order chi connectivity index (χ1) is 13.6. The first-order valence-corrected chi connectivity index (χ1v) is 10.1. The summed E-state index contributed by atoms with van der Waals surface area (Å²) in [5, 5.41) is 3.46. The molecule has 0 atom stereocenters. The van der Waals surface area contributed by atoms with Crippen LogP contribution < -0.4 is 11.1 Å². The lowest BCUT2D eigenvalue weighted by atomic mass is 10.0. The summed E-state index contributed by atoms with van der Waals surface area (Å²) in [4.78, 5) is 15.1. The molecule has 0 aliphatic carbocycles. The summed E-state index contributed by atoms with van der Waals surface area (Å²) in [6.07, 6.45) is 2.88. The van der Waals surface area contributed by atoms with Crippen LogP contribution in [-0.2, 0) is 4.74 Å². The van der Waals surface area contributed by atoms with E-state index in [1.807, 2.05) is 41.3 Å². The van der Waals surface area contributed by atoms with E-state index in [0.717, 1.165) is 43.7 Å². The highest BCUT2D eigenvalue weighted by Gasteiger charge is 2.25. The Hall–Kier alpha value is -2.37. The number of piperidine rings is 1. The van der Waals surface area contributed by atoms with Crippen LogP contribution in [0.3, 0.4) is 0 Å². The molecule has 1 amide bonds. The third-order valence-electron chi connectivity index (χ3n) is 5.46. The number of carbonyl (C=O) groups is 1. The summed E-state index contributed by atoms with van der Waals surface area (Å²) in [7, 11) is 0. The van der Waals surface area contributed by atoms with E-state index in [2.05, 4.69) is 25.2 Å². The standard InChI is InChI=1S/C23H31N3O2/c1-17-7-5-10-21(18(17)2)25-22-9-4-3-8-20(22)23(27)26-14-11-19(12-15-26)28-16-6-13-24/h3-5,7-10,19,25H,6,11-16,24H2,1-2H3. The van der Waals surface area contributed by atoms with Crippen LogP contribution in [0.15, 0.2) is 42.5 Å². The molecule has 150 valence electrons. The average Bonchev–Trinajstić information content (AvgIpc) is 2.72. The van der Waals surface area contributed by atoms with Gasteiger partial charge < -0.3 is 20.7 Å². The number of carbonyl (C=O) groups excluding carboxylic acids is 1. The predicted octanol–water partition coefficient (Wildman–Crippen LogP) is 4.02. The fourth-order valence-corrected chi connectivity index (χ4v) is 3.54. The fraction of sp³-hybridized carbons (Fsp3) is 0.435. The van der Waals surface area contributed by atoms with Crippen molar-refractivity contribution in [3.63, 3.8) is 0 Å². The van der Waals surface area contributed by atoms with Crippen LogP contribution in [0.5, 0.6) is 0 Å². The topological polar surface area (TPSA) is 67.6 Å². The van der Waals surface area contributed by atoms with E-state index in [-0.39, 0.29) is 12.0 Å². The minimum atomic E-state index is 0.0776. The van der Waals surface area contributed by atoms with Gasteiger partial charge in [-0.25, -0.2) is 0 Å². The average molecular weight is 382 g/mol. The Morgan fingerprint density at radius 2 is 1.82 bits per heavy atom. The number of benzene rings is 2. The molecule has 0 unspecified atom stereocenters. The summed E-state index contributed by atoms with van der Waals surface area (Å²) in [6.45, 7) is 7.00. The van der Waals surface area contributed by atoms with E-state index in [9.17, 15) is 4.79 Å². The number of nitrogens with one attached hydrogen (secondary N) is 1. The number of ether oxygens (including phenoxy) is 1. The summed E-state index contributed by atoms with van der Waals surface area (Å²) >= 11 is 0. The molecule has 0 aromatic heterocycles. The van der Waals surface area contributed by atoms with Gasteiger partial charge in [-0.15, -0.1) is 0 Å². The number of amides is 1. The van der Waals surface area contributed by atoms with Gasteiger partial charge in [-0.3, -0.25) is 4.79 Å². The Morgan fingerprint density at radius 3 is 2.57 bits per heavy atom. The van der Waals surface area contributed by atoms with E-state index in [1.54, 1.807) is 0 Å². The van der Waals surface area contributed by atoms with Gasteiger partial charge in [0.15, 0.2) is 0 Å². The molecular weight excluding hydrogens is 350 g/mol. The number of rotatable bonds is 7. The number of para-hydroxylation sites is 1. The van der Waals surface area contributed by atoms with E-state index < -0.39 is 0 Å². The van der Waals surface area contributed by atoms with Crippen molar-refractivity contribution in [1.82, 2.24) is 4.90 Å². The SMILES string of the molecule is Cc1cccc(Nc2ccccc2C(=O)N2CCC(OCCCN)CC2)c1C. The third kappa shape index (κ3) is 4.91. The molecule has 5 heteroatoms. The van der Waals surface area contributed by atoms with Crippen molar-refractivity contribution in [1.29, 1.82) is 0 Å². The van der Waals surface area contributed by atoms with Gasteiger partial charge in [0.2, 0.25) is 0 Å². The molecule has 28 heavy (non-hydrogen) atoms. The Balaban J connectivity index is 1.67. The van der Waals surface area contributed by atoms with Crippen molar-refractivity contribution in [2.75, 3.05) is 31.6 Å². The molecule has 0 spiro atoms. The number of aryl methyl sites for hydroxylation is 1. The predicted molar refractivity (Wildman–Crippen MR) is 114 cm³/mol. The van der Waals surface area contributed by atoms with Crippen LogP contribution in [0.1, 0.15) is 40.7 Å². The van der Waals surface area contributed by atoms with Crippen molar-refractivity contribution < 1.29 is 9.53 Å². The number of likely N-dealkylation sites (tertiary alicyclic amines) is 1. The molecule has 1 heterocycles. The number of hydrogen-bond donors (Lipinski definition) is 2. The van der Waals surface area contributed by atoms with Crippen molar-refractivity contribution >= 4 is 17.3 Å². The molecule has 3 N–H and O–H groups in total. The molecule has 5 nitrogen and oxygen atoms in total. The lowest BCUT2D eigenvalue weighted by molar-refractivity contribution is 0.00847. The highest BCUT2D eigenvalue weighted by atomic mass is 16.5. The maximum absolute atomic E-state index is 13.2. The highest BCUT2D eigenvalue weighted by molar-refractivity contribution is 6.00. The lowest BCUT2D eigenvalue weighted by Gasteiger charge is -2.32. The summed E-state index contributed by atoms with van der Waals surface area (Å²) < 4.78 is 5.85. The second-order valence-electron chi connectivity index (χ2n) is 7.42. The second kappa shape index (κ2) is 9.71. The smallest absolute Gasteiger partial charge is 0.255 e. The Kier molecular flexibility index (Phi) is 7.06. The molecular formula is C23H31N3O2. The molecule has 2 aromatic rings. The van der Waals surface area contributed by atoms with Gasteiger partial charge in [0, 0.05) is 25.4 Å². The van der Waals surface area contributed by atoms with Gasteiger partial charge in [-0.1, -0.05) is 24.3 Å². The van der Waals surface area contributed by atoms with Crippen LogP contribution in [0, 0.1) is 13.8 Å². The molecule has 1 aliphatic rings. The number of hydrogen-bond acceptors (Lipinski definition) is 4. The molecule has 0 radical (unpaired) electrons. The van der Waals surface area contributed by atoms with E-state index >= 15 is 0 Å². The fourth-order valence-electron chi connectivity index (χ4n) is 3.54. The van der Waals surface area contributed by atoms with E-state index in [1.165, 1.54) is 11.1 Å². The van der Waals surface area contributed by atoms with Gasteiger partial charge >= 0.3 is 0 Å². The first kappa shape index (κ1) is 20.4. The second-order valence-corrected chi connectivity index (χ2v) is 7.42. The quantitative estimate of drug-likeness (QED) is 0.711. The van der Waals surface area contributed by atoms with Crippen molar-refractivity contribution in [3.05, 3.63) is 59.2 Å². The van der Waals surface area contributed by atoms with Gasteiger partial charge in [-0.2, -0.15) is 0 Å². The monoisotopic (exact) mass is 381 g/mol. The van der Waals surface area contributed by atoms with Crippen molar-refractivity contribution in [2.45, 2.75) is 39.2 Å². The largest absolute Gasteiger partial charge is 0.378 e. The minimum absolute atomic E-state index is 0.0776. The summed E-state index contributed by atoms with van der Waals surface area (Å²) in [6, 6.07) is 13.9. The lowest BCUT2D eigenvalue weighted by Crippen LogP contribution is -2.41. The number of nitrogens with zero attached hydrogens (tertiary/aromatic N) is 1. The maximum atomic E-state index is 13.2. The van der Waals surface area contributed by atoms with Crippen LogP contribution in [0.2, 0.25) is 0 Å². The van der Waals surface area contributed by atoms with Gasteiger partial charge in [0.1, 0.15) is 0 Å². The normalized spacial score (nSPS) is 14.9. The van der Waals surface area contributed by atoms with Gasteiger partial charge in [-0.05, 0) is 69.0 Å². The number of nitrogens with two attached hydrogens (primary N) is 1. The van der Waals surface area contributed by atoms with Crippen LogP contribution in [0.4, 0.5) is 11.4 Å². The van der Waals surface area contributed by atoms with E-state index in [4.69, 9.17) is 10.5 Å². The van der Waals surface area contributed by atoms with Crippen molar-refractivity contribution in [2.24, 2.45) is 5.73 Å².